The van der Waals surface area contributed by atoms with Gasteiger partial charge in [0.1, 0.15) is 5.82 Å². The summed E-state index contributed by atoms with van der Waals surface area (Å²) in [6.07, 6.45) is 6.05. The molecular weight excluding hydrogens is 424 g/mol. The second kappa shape index (κ2) is 10.5. The lowest BCUT2D eigenvalue weighted by atomic mass is 9.88. The number of hydrogen-bond acceptors (Lipinski definition) is 3. The van der Waals surface area contributed by atoms with Crippen LogP contribution in [0, 0.1) is 5.92 Å². The first-order valence-corrected chi connectivity index (χ1v) is 12.0. The molecule has 1 aliphatic carbocycles. The predicted molar refractivity (Wildman–Crippen MR) is 129 cm³/mol. The summed E-state index contributed by atoms with van der Waals surface area (Å²) in [4.78, 5) is 27.8. The van der Waals surface area contributed by atoms with E-state index in [1.807, 2.05) is 31.2 Å². The first-order valence-electron chi connectivity index (χ1n) is 11.6. The third kappa shape index (κ3) is 5.91. The van der Waals surface area contributed by atoms with Crippen LogP contribution in [0.4, 0.5) is 5.82 Å². The third-order valence-electron chi connectivity index (χ3n) is 5.92. The molecule has 1 saturated carbocycles. The largest absolute Gasteiger partial charge is 0.333 e. The highest BCUT2D eigenvalue weighted by atomic mass is 35.5. The number of rotatable bonds is 7. The Balaban J connectivity index is 1.81. The number of para-hydroxylation sites is 1. The van der Waals surface area contributed by atoms with Crippen LogP contribution in [0.1, 0.15) is 71.9 Å². The van der Waals surface area contributed by atoms with Crippen LogP contribution in [0.25, 0.3) is 5.69 Å². The molecule has 2 amide bonds. The molecule has 174 valence electrons. The van der Waals surface area contributed by atoms with Crippen LogP contribution in [0.5, 0.6) is 0 Å². The van der Waals surface area contributed by atoms with E-state index in [0.717, 1.165) is 37.8 Å². The molecule has 3 rings (SSSR count). The Labute approximate surface area is 196 Å². The lowest BCUT2D eigenvalue weighted by Gasteiger charge is -2.28. The van der Waals surface area contributed by atoms with Gasteiger partial charge in [0.25, 0.3) is 0 Å². The van der Waals surface area contributed by atoms with Gasteiger partial charge in [-0.15, -0.1) is 0 Å². The minimum Gasteiger partial charge on any atom is -0.333 e. The summed E-state index contributed by atoms with van der Waals surface area (Å²) in [5, 5.41) is 8.26. The molecule has 7 heteroatoms. The Morgan fingerprint density at radius 3 is 2.50 bits per heavy atom. The van der Waals surface area contributed by atoms with Crippen molar-refractivity contribution in [1.29, 1.82) is 0 Å². The average Bonchev–Trinajstić information content (AvgIpc) is 3.18. The van der Waals surface area contributed by atoms with Crippen molar-refractivity contribution < 1.29 is 9.59 Å². The Hall–Kier alpha value is -2.34. The average molecular weight is 459 g/mol. The number of amides is 2. The first kappa shape index (κ1) is 24.3. The first-order chi connectivity index (χ1) is 15.2. The van der Waals surface area contributed by atoms with Gasteiger partial charge in [0.2, 0.25) is 11.8 Å². The molecular formula is C25H35ClN4O2. The van der Waals surface area contributed by atoms with Crippen LogP contribution in [-0.2, 0) is 15.0 Å². The normalized spacial score (nSPS) is 14.9. The standard InChI is InChI=1S/C25H35ClN4O2/c1-5-15-29(24(32)18-11-7-6-8-12-18)17-23(31)27-22-16-21(25(2,3)4)28-30(22)20-14-10-9-13-19(20)26/h9-10,13-14,16,18H,5-8,11-12,15,17H2,1-4H3,(H,27,31). The van der Waals surface area contributed by atoms with Gasteiger partial charge in [-0.25, -0.2) is 4.68 Å². The Morgan fingerprint density at radius 2 is 1.88 bits per heavy atom. The molecule has 2 aromatic rings. The summed E-state index contributed by atoms with van der Waals surface area (Å²) in [5.41, 5.74) is 1.34. The van der Waals surface area contributed by atoms with Crippen molar-refractivity contribution >= 4 is 29.2 Å². The van der Waals surface area contributed by atoms with Crippen molar-refractivity contribution in [2.24, 2.45) is 5.92 Å². The maximum atomic E-state index is 13.1. The molecule has 0 radical (unpaired) electrons. The molecule has 1 fully saturated rings. The van der Waals surface area contributed by atoms with E-state index in [1.54, 1.807) is 15.6 Å². The van der Waals surface area contributed by atoms with E-state index in [-0.39, 0.29) is 29.7 Å². The van der Waals surface area contributed by atoms with Gasteiger partial charge in [0.05, 0.1) is 22.9 Å². The molecule has 0 spiro atoms. The molecule has 0 unspecified atom stereocenters. The Morgan fingerprint density at radius 1 is 1.19 bits per heavy atom. The fourth-order valence-electron chi connectivity index (χ4n) is 4.14. The van der Waals surface area contributed by atoms with Gasteiger partial charge in [-0.3, -0.25) is 9.59 Å². The highest BCUT2D eigenvalue weighted by Crippen LogP contribution is 2.29. The van der Waals surface area contributed by atoms with Crippen molar-refractivity contribution in [1.82, 2.24) is 14.7 Å². The van der Waals surface area contributed by atoms with Crippen LogP contribution in [0.3, 0.4) is 0 Å². The maximum absolute atomic E-state index is 13.1. The Bertz CT molecular complexity index is 942. The SMILES string of the molecule is CCCN(CC(=O)Nc1cc(C(C)(C)C)nn1-c1ccccc1Cl)C(=O)C1CCCCC1. The van der Waals surface area contributed by atoms with Gasteiger partial charge >= 0.3 is 0 Å². The van der Waals surface area contributed by atoms with E-state index in [0.29, 0.717) is 23.1 Å². The molecule has 1 aromatic heterocycles. The molecule has 1 N–H and O–H groups in total. The number of nitrogens with zero attached hydrogens (tertiary/aromatic N) is 3. The fraction of sp³-hybridized carbons (Fsp3) is 0.560. The minimum absolute atomic E-state index is 0.0434. The number of carbonyl (C=O) groups excluding carboxylic acids is 2. The van der Waals surface area contributed by atoms with E-state index < -0.39 is 0 Å². The van der Waals surface area contributed by atoms with Crippen LogP contribution in [0.15, 0.2) is 30.3 Å². The molecule has 1 heterocycles. The van der Waals surface area contributed by atoms with E-state index in [1.165, 1.54) is 6.42 Å². The molecule has 32 heavy (non-hydrogen) atoms. The predicted octanol–water partition coefficient (Wildman–Crippen LogP) is 5.58. The van der Waals surface area contributed by atoms with Gasteiger partial charge < -0.3 is 10.2 Å². The molecule has 1 aromatic carbocycles. The zero-order valence-corrected chi connectivity index (χ0v) is 20.4. The smallest absolute Gasteiger partial charge is 0.245 e. The summed E-state index contributed by atoms with van der Waals surface area (Å²) in [5.74, 6) is 0.479. The van der Waals surface area contributed by atoms with Crippen molar-refractivity contribution in [2.75, 3.05) is 18.4 Å². The molecule has 0 saturated heterocycles. The number of halogens is 1. The molecule has 0 atom stereocenters. The molecule has 1 aliphatic rings. The van der Waals surface area contributed by atoms with Gasteiger partial charge in [-0.1, -0.05) is 70.7 Å². The zero-order chi connectivity index (χ0) is 23.3. The van der Waals surface area contributed by atoms with E-state index >= 15 is 0 Å². The summed E-state index contributed by atoms with van der Waals surface area (Å²) < 4.78 is 1.67. The summed E-state index contributed by atoms with van der Waals surface area (Å²) in [6.45, 7) is 8.87. The highest BCUT2D eigenvalue weighted by Gasteiger charge is 2.28. The van der Waals surface area contributed by atoms with Crippen LogP contribution >= 0.6 is 11.6 Å². The maximum Gasteiger partial charge on any atom is 0.245 e. The number of anilines is 1. The fourth-order valence-corrected chi connectivity index (χ4v) is 4.36. The van der Waals surface area contributed by atoms with Crippen LogP contribution in [-0.4, -0.2) is 39.6 Å². The number of hydrogen-bond donors (Lipinski definition) is 1. The second-order valence-corrected chi connectivity index (χ2v) is 10.1. The topological polar surface area (TPSA) is 67.2 Å². The highest BCUT2D eigenvalue weighted by molar-refractivity contribution is 6.32. The van der Waals surface area contributed by atoms with E-state index in [2.05, 4.69) is 26.1 Å². The zero-order valence-electron chi connectivity index (χ0n) is 19.7. The van der Waals surface area contributed by atoms with Crippen LogP contribution in [0.2, 0.25) is 5.02 Å². The van der Waals surface area contributed by atoms with Crippen molar-refractivity contribution in [3.8, 4) is 5.69 Å². The summed E-state index contributed by atoms with van der Waals surface area (Å²) >= 11 is 6.42. The van der Waals surface area contributed by atoms with E-state index in [4.69, 9.17) is 16.7 Å². The van der Waals surface area contributed by atoms with Crippen molar-refractivity contribution in [3.63, 3.8) is 0 Å². The quantitative estimate of drug-likeness (QED) is 0.588. The van der Waals surface area contributed by atoms with Gasteiger partial charge in [0, 0.05) is 23.9 Å². The van der Waals surface area contributed by atoms with Crippen molar-refractivity contribution in [2.45, 2.75) is 71.6 Å². The lowest BCUT2D eigenvalue weighted by molar-refractivity contribution is -0.139. The number of benzene rings is 1. The number of carbonyl (C=O) groups is 2. The summed E-state index contributed by atoms with van der Waals surface area (Å²) in [6, 6.07) is 9.29. The van der Waals surface area contributed by atoms with Crippen molar-refractivity contribution in [3.05, 3.63) is 41.0 Å². The van der Waals surface area contributed by atoms with Gasteiger partial charge in [0.15, 0.2) is 0 Å². The third-order valence-corrected chi connectivity index (χ3v) is 6.24. The number of nitrogens with one attached hydrogen (secondary N) is 1. The minimum atomic E-state index is -0.226. The molecule has 6 nitrogen and oxygen atoms in total. The van der Waals surface area contributed by atoms with Crippen LogP contribution < -0.4 is 5.32 Å². The number of aromatic nitrogens is 2. The van der Waals surface area contributed by atoms with E-state index in [9.17, 15) is 9.59 Å². The monoisotopic (exact) mass is 458 g/mol. The second-order valence-electron chi connectivity index (χ2n) is 9.67. The lowest BCUT2D eigenvalue weighted by Crippen LogP contribution is -2.42. The van der Waals surface area contributed by atoms with Gasteiger partial charge in [-0.2, -0.15) is 5.10 Å². The van der Waals surface area contributed by atoms with Gasteiger partial charge in [-0.05, 0) is 31.4 Å². The Kier molecular flexibility index (Phi) is 7.99. The molecule has 0 aliphatic heterocycles. The molecule has 0 bridgehead atoms. The summed E-state index contributed by atoms with van der Waals surface area (Å²) in [7, 11) is 0.